The molecule has 2 N–H and O–H groups in total. The van der Waals surface area contributed by atoms with Crippen LogP contribution in [-0.2, 0) is 0 Å². The van der Waals surface area contributed by atoms with Crippen molar-refractivity contribution < 1.29 is 9.53 Å². The van der Waals surface area contributed by atoms with Gasteiger partial charge < -0.3 is 15.4 Å². The zero-order valence-corrected chi connectivity index (χ0v) is 12.9. The smallest absolute Gasteiger partial charge is 0.254 e. The van der Waals surface area contributed by atoms with Gasteiger partial charge in [-0.15, -0.1) is 0 Å². The summed E-state index contributed by atoms with van der Waals surface area (Å²) in [6, 6.07) is 7.91. The fourth-order valence-corrected chi connectivity index (χ4v) is 2.51. The van der Waals surface area contributed by atoms with Crippen molar-refractivity contribution in [1.29, 1.82) is 0 Å². The van der Waals surface area contributed by atoms with Crippen LogP contribution in [-0.4, -0.2) is 36.5 Å². The van der Waals surface area contributed by atoms with Crippen LogP contribution in [0.3, 0.4) is 0 Å². The van der Waals surface area contributed by atoms with E-state index in [1.165, 1.54) is 6.42 Å². The summed E-state index contributed by atoms with van der Waals surface area (Å²) < 4.78 is 5.62. The van der Waals surface area contributed by atoms with Gasteiger partial charge in [-0.05, 0) is 56.8 Å². The molecule has 1 aromatic carbocycles. The van der Waals surface area contributed by atoms with Crippen LogP contribution in [0.25, 0.3) is 0 Å². The van der Waals surface area contributed by atoms with Crippen molar-refractivity contribution in [3.63, 3.8) is 0 Å². The fourth-order valence-electron chi connectivity index (χ4n) is 2.51. The third-order valence-electron chi connectivity index (χ3n) is 3.93. The third-order valence-corrected chi connectivity index (χ3v) is 3.93. The monoisotopic (exact) mass is 290 g/mol. The van der Waals surface area contributed by atoms with Crippen molar-refractivity contribution in [3.05, 3.63) is 29.8 Å². The van der Waals surface area contributed by atoms with Crippen LogP contribution < -0.4 is 10.5 Å². The Hall–Kier alpha value is -1.55. The highest BCUT2D eigenvalue weighted by molar-refractivity contribution is 5.94. The lowest BCUT2D eigenvalue weighted by Crippen LogP contribution is -2.45. The molecule has 2 rings (SSSR count). The summed E-state index contributed by atoms with van der Waals surface area (Å²) in [5.74, 6) is 0.880. The summed E-state index contributed by atoms with van der Waals surface area (Å²) >= 11 is 0. The molecule has 21 heavy (non-hydrogen) atoms. The van der Waals surface area contributed by atoms with Crippen molar-refractivity contribution >= 4 is 5.91 Å². The van der Waals surface area contributed by atoms with E-state index >= 15 is 0 Å². The van der Waals surface area contributed by atoms with Crippen molar-refractivity contribution in [3.8, 4) is 5.75 Å². The normalized spacial score (nSPS) is 14.6. The molecule has 1 amide bonds. The number of benzene rings is 1. The topological polar surface area (TPSA) is 55.6 Å². The maximum absolute atomic E-state index is 12.7. The third kappa shape index (κ3) is 4.21. The second-order valence-corrected chi connectivity index (χ2v) is 5.60. The summed E-state index contributed by atoms with van der Waals surface area (Å²) in [5, 5.41) is 0. The number of amides is 1. The maximum atomic E-state index is 12.7. The zero-order valence-electron chi connectivity index (χ0n) is 12.9. The predicted molar refractivity (Wildman–Crippen MR) is 84.6 cm³/mol. The molecule has 4 heteroatoms. The van der Waals surface area contributed by atoms with E-state index in [9.17, 15) is 4.79 Å². The van der Waals surface area contributed by atoms with Gasteiger partial charge in [-0.3, -0.25) is 4.79 Å². The Morgan fingerprint density at radius 2 is 2.24 bits per heavy atom. The molecule has 0 aromatic heterocycles. The number of hydrogen-bond acceptors (Lipinski definition) is 3. The van der Waals surface area contributed by atoms with Crippen molar-refractivity contribution in [2.75, 3.05) is 19.7 Å². The Kier molecular flexibility index (Phi) is 6.05. The fraction of sp³-hybridized carbons (Fsp3) is 0.588. The minimum atomic E-state index is 0.107. The summed E-state index contributed by atoms with van der Waals surface area (Å²) in [7, 11) is 0. The molecular weight excluding hydrogens is 264 g/mol. The number of hydrogen-bond donors (Lipinski definition) is 1. The van der Waals surface area contributed by atoms with Gasteiger partial charge in [0.05, 0.1) is 6.61 Å². The summed E-state index contributed by atoms with van der Waals surface area (Å²) in [4.78, 5) is 14.7. The van der Waals surface area contributed by atoms with Crippen molar-refractivity contribution in [2.45, 2.75) is 45.1 Å². The Morgan fingerprint density at radius 1 is 1.43 bits per heavy atom. The first-order valence-electron chi connectivity index (χ1n) is 8.00. The highest BCUT2D eigenvalue weighted by atomic mass is 16.5. The number of nitrogens with zero attached hydrogens (tertiary/aromatic N) is 1. The molecule has 0 saturated heterocycles. The van der Waals surface area contributed by atoms with E-state index in [4.69, 9.17) is 10.5 Å². The van der Waals surface area contributed by atoms with E-state index in [1.54, 1.807) is 0 Å². The Balaban J connectivity index is 2.07. The van der Waals surface area contributed by atoms with Gasteiger partial charge in [0.2, 0.25) is 0 Å². The molecule has 0 radical (unpaired) electrons. The van der Waals surface area contributed by atoms with Gasteiger partial charge in [0.15, 0.2) is 0 Å². The molecule has 1 fully saturated rings. The number of carbonyl (C=O) groups excluding carboxylic acids is 1. The SMILES string of the molecule is CCCOc1cccc(C(=O)N(CCCN)C2CCC2)c1. The zero-order chi connectivity index (χ0) is 15.1. The molecule has 0 aliphatic heterocycles. The first-order valence-corrected chi connectivity index (χ1v) is 8.00. The van der Waals surface area contributed by atoms with E-state index in [0.29, 0.717) is 24.8 Å². The van der Waals surface area contributed by atoms with Gasteiger partial charge in [0.25, 0.3) is 5.91 Å². The van der Waals surface area contributed by atoms with Gasteiger partial charge in [-0.1, -0.05) is 13.0 Å². The lowest BCUT2D eigenvalue weighted by molar-refractivity contribution is 0.0578. The van der Waals surface area contributed by atoms with E-state index < -0.39 is 0 Å². The molecule has 0 bridgehead atoms. The second kappa shape index (κ2) is 8.03. The molecule has 1 aliphatic rings. The van der Waals surface area contributed by atoms with Crippen LogP contribution in [0.5, 0.6) is 5.75 Å². The van der Waals surface area contributed by atoms with Gasteiger partial charge in [-0.2, -0.15) is 0 Å². The van der Waals surface area contributed by atoms with E-state index in [2.05, 4.69) is 6.92 Å². The average Bonchev–Trinajstić information content (AvgIpc) is 2.47. The number of rotatable bonds is 8. The molecular formula is C17H26N2O2. The molecule has 116 valence electrons. The molecule has 1 aromatic rings. The minimum absolute atomic E-state index is 0.107. The molecule has 1 aliphatic carbocycles. The highest BCUT2D eigenvalue weighted by Crippen LogP contribution is 2.27. The minimum Gasteiger partial charge on any atom is -0.494 e. The van der Waals surface area contributed by atoms with E-state index in [1.807, 2.05) is 29.2 Å². The Morgan fingerprint density at radius 3 is 2.86 bits per heavy atom. The van der Waals surface area contributed by atoms with Crippen LogP contribution in [0.1, 0.15) is 49.4 Å². The lowest BCUT2D eigenvalue weighted by atomic mass is 9.90. The number of carbonyl (C=O) groups is 1. The van der Waals surface area contributed by atoms with Gasteiger partial charge in [0, 0.05) is 18.2 Å². The summed E-state index contributed by atoms with van der Waals surface area (Å²) in [6.07, 6.45) is 5.26. The molecule has 4 nitrogen and oxygen atoms in total. The van der Waals surface area contributed by atoms with Crippen LogP contribution in [0.15, 0.2) is 24.3 Å². The van der Waals surface area contributed by atoms with Gasteiger partial charge in [0.1, 0.15) is 5.75 Å². The first-order chi connectivity index (χ1) is 10.3. The largest absolute Gasteiger partial charge is 0.494 e. The Bertz CT molecular complexity index is 458. The number of nitrogens with two attached hydrogens (primary N) is 1. The van der Waals surface area contributed by atoms with Crippen LogP contribution in [0.4, 0.5) is 0 Å². The standard InChI is InChI=1S/C17H26N2O2/c1-2-12-21-16-9-3-6-14(13-16)17(20)19(11-5-10-18)15-7-4-8-15/h3,6,9,13,15H,2,4-5,7-8,10-12,18H2,1H3. The Labute approximate surface area is 127 Å². The summed E-state index contributed by atoms with van der Waals surface area (Å²) in [6.45, 7) is 4.12. The molecule has 1 saturated carbocycles. The predicted octanol–water partition coefficient (Wildman–Crippen LogP) is 2.82. The van der Waals surface area contributed by atoms with Crippen LogP contribution >= 0.6 is 0 Å². The number of ether oxygens (including phenoxy) is 1. The molecule has 0 atom stereocenters. The molecule has 0 heterocycles. The quantitative estimate of drug-likeness (QED) is 0.801. The van der Waals surface area contributed by atoms with Crippen LogP contribution in [0.2, 0.25) is 0 Å². The van der Waals surface area contributed by atoms with Crippen molar-refractivity contribution in [2.24, 2.45) is 5.73 Å². The molecule has 0 unspecified atom stereocenters. The molecule has 0 spiro atoms. The summed E-state index contributed by atoms with van der Waals surface area (Å²) in [5.41, 5.74) is 6.31. The second-order valence-electron chi connectivity index (χ2n) is 5.60. The van der Waals surface area contributed by atoms with Gasteiger partial charge >= 0.3 is 0 Å². The van der Waals surface area contributed by atoms with Crippen LogP contribution in [0, 0.1) is 0 Å². The lowest BCUT2D eigenvalue weighted by Gasteiger charge is -2.37. The maximum Gasteiger partial charge on any atom is 0.254 e. The van der Waals surface area contributed by atoms with E-state index in [-0.39, 0.29) is 5.91 Å². The first kappa shape index (κ1) is 15.8. The van der Waals surface area contributed by atoms with E-state index in [0.717, 1.165) is 38.0 Å². The van der Waals surface area contributed by atoms with Gasteiger partial charge in [-0.25, -0.2) is 0 Å². The van der Waals surface area contributed by atoms with Crippen molar-refractivity contribution in [1.82, 2.24) is 4.90 Å². The highest BCUT2D eigenvalue weighted by Gasteiger charge is 2.29. The average molecular weight is 290 g/mol.